The normalized spacial score (nSPS) is 18.4. The molecular formula is C19H15ClN4O2. The lowest BCUT2D eigenvalue weighted by Gasteiger charge is -2.06. The average Bonchev–Trinajstić information content (AvgIpc) is 3.49. The third kappa shape index (κ3) is 3.15. The molecule has 6 nitrogen and oxygen atoms in total. The molecule has 0 aliphatic heterocycles. The molecule has 0 amide bonds. The molecule has 2 atom stereocenters. The summed E-state index contributed by atoms with van der Waals surface area (Å²) in [6.45, 7) is 0. The Hall–Kier alpha value is -2.86. The van der Waals surface area contributed by atoms with Crippen molar-refractivity contribution in [2.45, 2.75) is 18.3 Å². The summed E-state index contributed by atoms with van der Waals surface area (Å²) < 4.78 is 4.78. The van der Waals surface area contributed by atoms with Crippen LogP contribution in [0.25, 0.3) is 11.6 Å². The first kappa shape index (κ1) is 16.6. The maximum absolute atomic E-state index is 11.8. The zero-order valence-corrected chi connectivity index (χ0v) is 14.7. The number of nitrogens with zero attached hydrogens (tertiary/aromatic N) is 4. The minimum atomic E-state index is -0.426. The van der Waals surface area contributed by atoms with Crippen LogP contribution in [0.2, 0.25) is 5.02 Å². The minimum absolute atomic E-state index is 0.318. The van der Waals surface area contributed by atoms with Crippen LogP contribution in [0.4, 0.5) is 0 Å². The highest BCUT2D eigenvalue weighted by Crippen LogP contribution is 2.54. The highest BCUT2D eigenvalue weighted by Gasteiger charge is 2.40. The first-order valence-electron chi connectivity index (χ1n) is 8.14. The summed E-state index contributed by atoms with van der Waals surface area (Å²) in [7, 11) is 1.35. The molecule has 2 aromatic heterocycles. The number of carbonyl (C=O) groups is 1. The number of hydrogen-bond acceptors (Lipinski definition) is 6. The lowest BCUT2D eigenvalue weighted by Crippen LogP contribution is -2.03. The van der Waals surface area contributed by atoms with Crippen molar-refractivity contribution in [2.24, 2.45) is 0 Å². The van der Waals surface area contributed by atoms with E-state index in [0.29, 0.717) is 34.1 Å². The second kappa shape index (κ2) is 6.80. The van der Waals surface area contributed by atoms with Crippen LogP contribution in [-0.2, 0) is 4.74 Å². The van der Waals surface area contributed by atoms with E-state index < -0.39 is 5.97 Å². The van der Waals surface area contributed by atoms with Crippen LogP contribution in [0.15, 0.2) is 49.1 Å². The minimum Gasteiger partial charge on any atom is -0.465 e. The molecule has 3 aromatic rings. The van der Waals surface area contributed by atoms with Crippen LogP contribution in [0, 0.1) is 0 Å². The molecule has 0 unspecified atom stereocenters. The van der Waals surface area contributed by atoms with E-state index >= 15 is 0 Å². The van der Waals surface area contributed by atoms with Crippen LogP contribution in [0.1, 0.15) is 39.7 Å². The van der Waals surface area contributed by atoms with Gasteiger partial charge in [0, 0.05) is 24.8 Å². The summed E-state index contributed by atoms with van der Waals surface area (Å²) in [5, 5.41) is 0.397. The molecule has 26 heavy (non-hydrogen) atoms. The number of esters is 1. The number of rotatable bonds is 4. The standard InChI is InChI=1S/C19H15ClN4O2/c1-26-19(25)15-7-11(3-4-16(15)20)13-8-14(13)12-9-23-18(24-10-12)17-21-5-2-6-22-17/h2-7,9-10,13-14H,8H2,1H3/t13-,14-/m0/s1. The maximum atomic E-state index is 11.8. The molecule has 1 saturated carbocycles. The number of benzene rings is 1. The van der Waals surface area contributed by atoms with Gasteiger partial charge in [0.2, 0.25) is 0 Å². The quantitative estimate of drug-likeness (QED) is 0.656. The molecule has 4 rings (SSSR count). The van der Waals surface area contributed by atoms with Crippen LogP contribution in [0.3, 0.4) is 0 Å². The number of methoxy groups -OCH3 is 1. The van der Waals surface area contributed by atoms with Crippen molar-refractivity contribution < 1.29 is 9.53 Å². The highest BCUT2D eigenvalue weighted by atomic mass is 35.5. The third-order valence-electron chi connectivity index (χ3n) is 4.48. The van der Waals surface area contributed by atoms with Gasteiger partial charge in [-0.15, -0.1) is 0 Å². The van der Waals surface area contributed by atoms with Gasteiger partial charge in [-0.1, -0.05) is 17.7 Å². The van der Waals surface area contributed by atoms with Crippen molar-refractivity contribution in [3.63, 3.8) is 0 Å². The van der Waals surface area contributed by atoms with Crippen LogP contribution in [0.5, 0.6) is 0 Å². The van der Waals surface area contributed by atoms with Gasteiger partial charge < -0.3 is 4.74 Å². The molecule has 0 radical (unpaired) electrons. The molecule has 1 aliphatic carbocycles. The third-order valence-corrected chi connectivity index (χ3v) is 4.81. The highest BCUT2D eigenvalue weighted by molar-refractivity contribution is 6.33. The summed E-state index contributed by atoms with van der Waals surface area (Å²) in [4.78, 5) is 28.9. The number of halogens is 1. The second-order valence-electron chi connectivity index (χ2n) is 6.09. The average molecular weight is 367 g/mol. The molecule has 0 spiro atoms. The monoisotopic (exact) mass is 366 g/mol. The first-order chi connectivity index (χ1) is 12.7. The zero-order valence-electron chi connectivity index (χ0n) is 14.0. The second-order valence-corrected chi connectivity index (χ2v) is 6.50. The van der Waals surface area contributed by atoms with Crippen LogP contribution < -0.4 is 0 Å². The fourth-order valence-corrected chi connectivity index (χ4v) is 3.23. The number of ether oxygens (including phenoxy) is 1. The molecule has 1 fully saturated rings. The molecule has 0 N–H and O–H groups in total. The molecule has 0 bridgehead atoms. The molecule has 7 heteroatoms. The van der Waals surface area contributed by atoms with Crippen molar-refractivity contribution in [1.82, 2.24) is 19.9 Å². The summed E-state index contributed by atoms with van der Waals surface area (Å²) in [5.41, 5.74) is 2.52. The number of hydrogen-bond donors (Lipinski definition) is 0. The molecule has 2 heterocycles. The molecule has 0 saturated heterocycles. The first-order valence-corrected chi connectivity index (χ1v) is 8.52. The topological polar surface area (TPSA) is 77.9 Å². The van der Waals surface area contributed by atoms with Crippen molar-refractivity contribution in [1.29, 1.82) is 0 Å². The summed E-state index contributed by atoms with van der Waals surface area (Å²) >= 11 is 6.09. The van der Waals surface area contributed by atoms with E-state index in [0.717, 1.165) is 17.5 Å². The Morgan fingerprint density at radius 1 is 1.04 bits per heavy atom. The van der Waals surface area contributed by atoms with Gasteiger partial charge >= 0.3 is 5.97 Å². The lowest BCUT2D eigenvalue weighted by molar-refractivity contribution is 0.0601. The number of carbonyl (C=O) groups excluding carboxylic acids is 1. The van der Waals surface area contributed by atoms with E-state index in [9.17, 15) is 4.79 Å². The Morgan fingerprint density at radius 3 is 2.38 bits per heavy atom. The Bertz CT molecular complexity index is 948. The molecular weight excluding hydrogens is 352 g/mol. The van der Waals surface area contributed by atoms with Gasteiger partial charge in [0.15, 0.2) is 11.6 Å². The largest absolute Gasteiger partial charge is 0.465 e. The Kier molecular flexibility index (Phi) is 4.34. The van der Waals surface area contributed by atoms with Crippen molar-refractivity contribution >= 4 is 17.6 Å². The smallest absolute Gasteiger partial charge is 0.339 e. The maximum Gasteiger partial charge on any atom is 0.339 e. The van der Waals surface area contributed by atoms with Crippen molar-refractivity contribution in [3.05, 3.63) is 70.8 Å². The van der Waals surface area contributed by atoms with Gasteiger partial charge in [-0.05, 0) is 47.6 Å². The Balaban J connectivity index is 1.53. The van der Waals surface area contributed by atoms with E-state index in [1.54, 1.807) is 24.5 Å². The number of aromatic nitrogens is 4. The van der Waals surface area contributed by atoms with Crippen molar-refractivity contribution in [3.8, 4) is 11.6 Å². The van der Waals surface area contributed by atoms with E-state index in [1.807, 2.05) is 24.5 Å². The van der Waals surface area contributed by atoms with Gasteiger partial charge in [0.25, 0.3) is 0 Å². The predicted octanol–water partition coefficient (Wildman–Crippen LogP) is 3.64. The lowest BCUT2D eigenvalue weighted by atomic mass is 10.0. The summed E-state index contributed by atoms with van der Waals surface area (Å²) in [6.07, 6.45) is 7.94. The summed E-state index contributed by atoms with van der Waals surface area (Å²) in [6, 6.07) is 7.25. The molecule has 1 aromatic carbocycles. The zero-order chi connectivity index (χ0) is 18.1. The van der Waals surface area contributed by atoms with E-state index in [-0.39, 0.29) is 0 Å². The van der Waals surface area contributed by atoms with Crippen molar-refractivity contribution in [2.75, 3.05) is 7.11 Å². The Morgan fingerprint density at radius 2 is 1.69 bits per heavy atom. The van der Waals surface area contributed by atoms with E-state index in [1.165, 1.54) is 7.11 Å². The Labute approximate surface area is 155 Å². The van der Waals surface area contributed by atoms with E-state index in [2.05, 4.69) is 19.9 Å². The fourth-order valence-electron chi connectivity index (χ4n) is 3.03. The SMILES string of the molecule is COC(=O)c1cc([C@@H]2C[C@H]2c2cnc(-c3ncccn3)nc2)ccc1Cl. The van der Waals surface area contributed by atoms with Gasteiger partial charge in [-0.3, -0.25) is 0 Å². The van der Waals surface area contributed by atoms with Gasteiger partial charge in [-0.2, -0.15) is 0 Å². The van der Waals surface area contributed by atoms with E-state index in [4.69, 9.17) is 16.3 Å². The van der Waals surface area contributed by atoms with Gasteiger partial charge in [0.05, 0.1) is 17.7 Å². The fraction of sp³-hybridized carbons (Fsp3) is 0.211. The van der Waals surface area contributed by atoms with Gasteiger partial charge in [0.1, 0.15) is 0 Å². The summed E-state index contributed by atoms with van der Waals surface area (Å²) in [5.74, 6) is 1.23. The molecule has 1 aliphatic rings. The van der Waals surface area contributed by atoms with Gasteiger partial charge in [-0.25, -0.2) is 24.7 Å². The van der Waals surface area contributed by atoms with Crippen LogP contribution >= 0.6 is 11.6 Å². The molecule has 130 valence electrons. The predicted molar refractivity (Wildman–Crippen MR) is 95.9 cm³/mol. The van der Waals surface area contributed by atoms with Crippen LogP contribution in [-0.4, -0.2) is 33.0 Å².